The van der Waals surface area contributed by atoms with Gasteiger partial charge in [0.15, 0.2) is 0 Å². The summed E-state index contributed by atoms with van der Waals surface area (Å²) in [4.78, 5) is 13.2. The molecule has 1 aliphatic heterocycles. The van der Waals surface area contributed by atoms with Gasteiger partial charge in [0.05, 0.1) is 0 Å². The lowest BCUT2D eigenvalue weighted by molar-refractivity contribution is -0.137. The lowest BCUT2D eigenvalue weighted by atomic mass is 9.91. The Morgan fingerprint density at radius 2 is 2.24 bits per heavy atom. The van der Waals surface area contributed by atoms with E-state index in [1.54, 1.807) is 12.1 Å². The maximum atomic E-state index is 13.8. The molecule has 1 aromatic rings. The maximum absolute atomic E-state index is 13.8. The number of halogens is 1. The van der Waals surface area contributed by atoms with Gasteiger partial charge in [0.2, 0.25) is 0 Å². The summed E-state index contributed by atoms with van der Waals surface area (Å²) in [5.74, 6) is -0.317. The molecule has 1 saturated heterocycles. The van der Waals surface area contributed by atoms with Crippen LogP contribution in [0.2, 0.25) is 0 Å². The van der Waals surface area contributed by atoms with Crippen molar-refractivity contribution in [1.82, 2.24) is 4.90 Å². The first-order valence-electron chi connectivity index (χ1n) is 7.88. The molecule has 0 saturated carbocycles. The highest BCUT2D eigenvalue weighted by atomic mass is 19.1. The van der Waals surface area contributed by atoms with Gasteiger partial charge in [-0.15, -0.1) is 0 Å². The molecule has 1 heterocycles. The molecule has 1 fully saturated rings. The molecule has 3 rings (SSSR count). The number of nitrogens with zero attached hydrogens (tertiary/aromatic N) is 1. The van der Waals surface area contributed by atoms with E-state index < -0.39 is 5.97 Å². The van der Waals surface area contributed by atoms with Gasteiger partial charge in [-0.1, -0.05) is 12.1 Å². The van der Waals surface area contributed by atoms with Crippen LogP contribution < -0.4 is 0 Å². The Labute approximate surface area is 124 Å². The zero-order valence-corrected chi connectivity index (χ0v) is 12.2. The molecule has 114 valence electrons. The topological polar surface area (TPSA) is 40.5 Å². The van der Waals surface area contributed by atoms with Crippen LogP contribution in [0.15, 0.2) is 18.2 Å². The Bertz CT molecular complexity index is 532. The second-order valence-electron chi connectivity index (χ2n) is 6.30. The zero-order valence-electron chi connectivity index (χ0n) is 12.2. The van der Waals surface area contributed by atoms with Crippen LogP contribution in [0.4, 0.5) is 4.39 Å². The van der Waals surface area contributed by atoms with Crippen molar-refractivity contribution in [3.8, 4) is 0 Å². The molecule has 0 spiro atoms. The number of carboxylic acids is 1. The molecule has 0 radical (unpaired) electrons. The summed E-state index contributed by atoms with van der Waals surface area (Å²) in [6.07, 6.45) is 5.06. The van der Waals surface area contributed by atoms with Crippen LogP contribution in [-0.4, -0.2) is 29.1 Å². The van der Waals surface area contributed by atoms with Gasteiger partial charge in [-0.2, -0.15) is 0 Å². The van der Waals surface area contributed by atoms with Crippen LogP contribution in [0.5, 0.6) is 0 Å². The number of piperidine rings is 1. The van der Waals surface area contributed by atoms with Crippen LogP contribution >= 0.6 is 0 Å². The number of benzene rings is 1. The third-order valence-corrected chi connectivity index (χ3v) is 4.94. The third-order valence-electron chi connectivity index (χ3n) is 4.94. The fraction of sp³-hybridized carbons (Fsp3) is 0.588. The van der Waals surface area contributed by atoms with Gasteiger partial charge in [0.25, 0.3) is 0 Å². The average molecular weight is 291 g/mol. The second-order valence-corrected chi connectivity index (χ2v) is 6.30. The van der Waals surface area contributed by atoms with Crippen LogP contribution in [0.1, 0.15) is 49.3 Å². The molecule has 1 aromatic carbocycles. The number of likely N-dealkylation sites (tertiary alicyclic amines) is 1. The predicted octanol–water partition coefficient (Wildman–Crippen LogP) is 3.39. The summed E-state index contributed by atoms with van der Waals surface area (Å²) in [6.45, 7) is 2.00. The molecule has 21 heavy (non-hydrogen) atoms. The van der Waals surface area contributed by atoms with Gasteiger partial charge < -0.3 is 5.11 Å². The summed E-state index contributed by atoms with van der Waals surface area (Å²) >= 11 is 0. The molecule has 3 nitrogen and oxygen atoms in total. The van der Waals surface area contributed by atoms with Gasteiger partial charge in [-0.25, -0.2) is 4.39 Å². The first kappa shape index (κ1) is 14.5. The van der Waals surface area contributed by atoms with Crippen molar-refractivity contribution in [3.05, 3.63) is 35.1 Å². The molecule has 2 atom stereocenters. The van der Waals surface area contributed by atoms with Crippen LogP contribution in [0.3, 0.4) is 0 Å². The molecule has 4 heteroatoms. The van der Waals surface area contributed by atoms with E-state index in [1.165, 1.54) is 0 Å². The normalized spacial score (nSPS) is 25.8. The number of hydrogen-bond donors (Lipinski definition) is 1. The lowest BCUT2D eigenvalue weighted by Crippen LogP contribution is -2.37. The highest BCUT2D eigenvalue weighted by molar-refractivity contribution is 5.66. The summed E-state index contributed by atoms with van der Waals surface area (Å²) in [7, 11) is 0. The molecule has 2 unspecified atom stereocenters. The highest BCUT2D eigenvalue weighted by Gasteiger charge is 2.32. The van der Waals surface area contributed by atoms with Gasteiger partial charge in [-0.3, -0.25) is 9.69 Å². The van der Waals surface area contributed by atoms with E-state index in [4.69, 9.17) is 5.11 Å². The molecule has 0 aromatic heterocycles. The minimum absolute atomic E-state index is 0.0746. The fourth-order valence-corrected chi connectivity index (χ4v) is 3.91. The van der Waals surface area contributed by atoms with Gasteiger partial charge >= 0.3 is 5.97 Å². The molecule has 2 aliphatic rings. The van der Waals surface area contributed by atoms with Gasteiger partial charge in [0.1, 0.15) is 5.82 Å². The van der Waals surface area contributed by atoms with Crippen LogP contribution in [-0.2, 0) is 11.2 Å². The van der Waals surface area contributed by atoms with Crippen molar-refractivity contribution in [1.29, 1.82) is 0 Å². The average Bonchev–Trinajstić information content (AvgIpc) is 2.91. The Morgan fingerprint density at radius 1 is 1.38 bits per heavy atom. The Kier molecular flexibility index (Phi) is 4.24. The van der Waals surface area contributed by atoms with Crippen molar-refractivity contribution < 1.29 is 14.3 Å². The highest BCUT2D eigenvalue weighted by Crippen LogP contribution is 2.39. The predicted molar refractivity (Wildman–Crippen MR) is 78.6 cm³/mol. The standard InChI is InChI=1S/C17H22FNO2/c18-15-5-1-4-14-13(15)7-8-16(14)19-10-2-3-12(11-19)6-9-17(20)21/h1,4-5,12,16H,2-3,6-11H2,(H,20,21). The summed E-state index contributed by atoms with van der Waals surface area (Å²) in [5, 5.41) is 8.83. The van der Waals surface area contributed by atoms with E-state index in [2.05, 4.69) is 11.0 Å². The molecule has 0 bridgehead atoms. The Morgan fingerprint density at radius 3 is 3.05 bits per heavy atom. The third kappa shape index (κ3) is 3.10. The largest absolute Gasteiger partial charge is 0.481 e. The van der Waals surface area contributed by atoms with E-state index in [1.807, 2.05) is 0 Å². The molecular weight excluding hydrogens is 269 g/mol. The first-order chi connectivity index (χ1) is 10.1. The van der Waals surface area contributed by atoms with Gasteiger partial charge in [-0.05, 0) is 61.8 Å². The Balaban J connectivity index is 1.68. The van der Waals surface area contributed by atoms with Crippen LogP contribution in [0.25, 0.3) is 0 Å². The second kappa shape index (κ2) is 6.14. The van der Waals surface area contributed by atoms with Crippen molar-refractivity contribution in [3.63, 3.8) is 0 Å². The number of carboxylic acid groups (broad SMARTS) is 1. The summed E-state index contributed by atoms with van der Waals surface area (Å²) in [6, 6.07) is 5.73. The number of fused-ring (bicyclic) bond motifs is 1. The SMILES string of the molecule is O=C(O)CCC1CCCN(C2CCc3c(F)cccc32)C1. The van der Waals surface area contributed by atoms with E-state index in [9.17, 15) is 9.18 Å². The monoisotopic (exact) mass is 291 g/mol. The van der Waals surface area contributed by atoms with Crippen molar-refractivity contribution in [2.75, 3.05) is 13.1 Å². The minimum atomic E-state index is -0.708. The van der Waals surface area contributed by atoms with Crippen LogP contribution in [0, 0.1) is 11.7 Å². The molecule has 1 N–H and O–H groups in total. The molecule has 0 amide bonds. The van der Waals surface area contributed by atoms with E-state index >= 15 is 0 Å². The van der Waals surface area contributed by atoms with Crippen molar-refractivity contribution in [2.45, 2.75) is 44.6 Å². The quantitative estimate of drug-likeness (QED) is 0.924. The number of rotatable bonds is 4. The van der Waals surface area contributed by atoms with E-state index in [0.29, 0.717) is 12.0 Å². The Hall–Kier alpha value is -1.42. The summed E-state index contributed by atoms with van der Waals surface area (Å²) < 4.78 is 13.8. The molecular formula is C17H22FNO2. The lowest BCUT2D eigenvalue weighted by Gasteiger charge is -2.37. The fourth-order valence-electron chi connectivity index (χ4n) is 3.91. The van der Waals surface area contributed by atoms with Crippen molar-refractivity contribution >= 4 is 5.97 Å². The molecule has 1 aliphatic carbocycles. The van der Waals surface area contributed by atoms with Gasteiger partial charge in [0, 0.05) is 19.0 Å². The van der Waals surface area contributed by atoms with E-state index in [0.717, 1.165) is 56.3 Å². The van der Waals surface area contributed by atoms with Crippen molar-refractivity contribution in [2.24, 2.45) is 5.92 Å². The van der Waals surface area contributed by atoms with E-state index in [-0.39, 0.29) is 12.2 Å². The first-order valence-corrected chi connectivity index (χ1v) is 7.88. The zero-order chi connectivity index (χ0) is 14.8. The maximum Gasteiger partial charge on any atom is 0.303 e. The number of carbonyl (C=O) groups is 1. The minimum Gasteiger partial charge on any atom is -0.481 e. The summed E-state index contributed by atoms with van der Waals surface area (Å²) in [5.41, 5.74) is 2.03. The smallest absolute Gasteiger partial charge is 0.303 e. The number of aliphatic carboxylic acids is 1. The number of hydrogen-bond acceptors (Lipinski definition) is 2.